The number of carboxylic acids is 1. The molecule has 0 radical (unpaired) electrons. The van der Waals surface area contributed by atoms with Crippen molar-refractivity contribution in [2.45, 2.75) is 0 Å². The average Bonchev–Trinajstić information content (AvgIpc) is 2.55. The van der Waals surface area contributed by atoms with Gasteiger partial charge in [-0.2, -0.15) is 0 Å². The van der Waals surface area contributed by atoms with E-state index in [1.165, 1.54) is 12.1 Å². The van der Waals surface area contributed by atoms with Crippen molar-refractivity contribution in [1.29, 1.82) is 0 Å². The maximum absolute atomic E-state index is 11.9. The van der Waals surface area contributed by atoms with E-state index in [1.54, 1.807) is 42.5 Å². The van der Waals surface area contributed by atoms with Crippen LogP contribution in [0.4, 0.5) is 5.69 Å². The first-order chi connectivity index (χ1) is 11.8. The van der Waals surface area contributed by atoms with Crippen LogP contribution in [0.2, 0.25) is 5.02 Å². The van der Waals surface area contributed by atoms with Crippen LogP contribution in [0.5, 0.6) is 0 Å². The van der Waals surface area contributed by atoms with Crippen LogP contribution in [0.1, 0.15) is 15.9 Å². The van der Waals surface area contributed by atoms with E-state index in [9.17, 15) is 14.7 Å². The summed E-state index contributed by atoms with van der Waals surface area (Å²) in [7, 11) is 0. The van der Waals surface area contributed by atoms with Crippen LogP contribution in [0.3, 0.4) is 0 Å². The number of carbonyl (C=O) groups is 2. The van der Waals surface area contributed by atoms with Crippen LogP contribution >= 0.6 is 46.4 Å². The van der Waals surface area contributed by atoms with Crippen molar-refractivity contribution in [3.05, 3.63) is 68.3 Å². The summed E-state index contributed by atoms with van der Waals surface area (Å²) in [6.07, 6.45) is 2.94. The normalized spacial score (nSPS) is 10.5. The van der Waals surface area contributed by atoms with Crippen molar-refractivity contribution in [2.75, 3.05) is 5.32 Å². The molecule has 0 atom stereocenters. The zero-order valence-electron chi connectivity index (χ0n) is 12.6. The summed E-state index contributed by atoms with van der Waals surface area (Å²) in [6.45, 7) is 0. The fourth-order valence-electron chi connectivity index (χ4n) is 1.86. The number of hydrogen-bond acceptors (Lipinski definition) is 3. The van der Waals surface area contributed by atoms with Crippen molar-refractivity contribution in [1.82, 2.24) is 5.32 Å². The minimum absolute atomic E-state index is 0.00876. The first-order valence-corrected chi connectivity index (χ1v) is 8.80. The van der Waals surface area contributed by atoms with E-state index in [1.807, 2.05) is 22.6 Å². The van der Waals surface area contributed by atoms with Crippen LogP contribution in [-0.2, 0) is 4.79 Å². The number of thiocarbonyl (C=S) groups is 1. The maximum atomic E-state index is 11.9. The SMILES string of the molecule is O=C(C=Cc1ccc(Cl)cc1)NC(=S)Nc1ccc(I)cc1C(=O)O. The number of anilines is 1. The molecule has 0 saturated heterocycles. The van der Waals surface area contributed by atoms with Gasteiger partial charge in [0.05, 0.1) is 11.3 Å². The highest BCUT2D eigenvalue weighted by Gasteiger charge is 2.12. The first-order valence-electron chi connectivity index (χ1n) is 6.93. The summed E-state index contributed by atoms with van der Waals surface area (Å²) in [5.74, 6) is -1.52. The predicted molar refractivity (Wildman–Crippen MR) is 111 cm³/mol. The Labute approximate surface area is 168 Å². The number of benzene rings is 2. The largest absolute Gasteiger partial charge is 0.478 e. The number of halogens is 2. The van der Waals surface area contributed by atoms with Crippen molar-refractivity contribution < 1.29 is 14.7 Å². The van der Waals surface area contributed by atoms with Crippen LogP contribution in [0.25, 0.3) is 6.08 Å². The second kappa shape index (κ2) is 8.93. The molecule has 0 bridgehead atoms. The number of carbonyl (C=O) groups excluding carboxylic acids is 1. The van der Waals surface area contributed by atoms with E-state index in [0.717, 1.165) is 9.13 Å². The smallest absolute Gasteiger partial charge is 0.337 e. The number of rotatable bonds is 4. The van der Waals surface area contributed by atoms with Crippen molar-refractivity contribution in [2.24, 2.45) is 0 Å². The van der Waals surface area contributed by atoms with E-state index in [0.29, 0.717) is 10.7 Å². The number of carboxylic acid groups (broad SMARTS) is 1. The Kier molecular flexibility index (Phi) is 6.91. The van der Waals surface area contributed by atoms with Gasteiger partial charge in [-0.15, -0.1) is 0 Å². The maximum Gasteiger partial charge on any atom is 0.337 e. The number of hydrogen-bond donors (Lipinski definition) is 3. The van der Waals surface area contributed by atoms with E-state index in [2.05, 4.69) is 10.6 Å². The molecule has 2 aromatic rings. The third-order valence-corrected chi connectivity index (χ3v) is 4.12. The lowest BCUT2D eigenvalue weighted by atomic mass is 10.2. The average molecular weight is 487 g/mol. The molecule has 3 N–H and O–H groups in total. The first kappa shape index (κ1) is 19.4. The van der Waals surface area contributed by atoms with Gasteiger partial charge in [-0.3, -0.25) is 10.1 Å². The molecule has 0 heterocycles. The summed E-state index contributed by atoms with van der Waals surface area (Å²) in [6, 6.07) is 11.8. The zero-order chi connectivity index (χ0) is 18.4. The third kappa shape index (κ3) is 6.11. The van der Waals surface area contributed by atoms with E-state index in [-0.39, 0.29) is 10.7 Å². The monoisotopic (exact) mass is 486 g/mol. The second-order valence-corrected chi connectivity index (χ2v) is 6.91. The second-order valence-electron chi connectivity index (χ2n) is 4.82. The highest BCUT2D eigenvalue weighted by Crippen LogP contribution is 2.19. The molecule has 0 unspecified atom stereocenters. The molecular formula is C17H12ClIN2O3S. The quantitative estimate of drug-likeness (QED) is 0.343. The molecule has 2 aromatic carbocycles. The van der Waals surface area contributed by atoms with Gasteiger partial charge >= 0.3 is 5.97 Å². The standard InChI is InChI=1S/C17H12ClIN2O3S/c18-11-4-1-10(2-5-11)3-8-15(22)21-17(25)20-14-7-6-12(19)9-13(14)16(23)24/h1-9H,(H,23,24)(H2,20,21,22,25). The fourth-order valence-corrected chi connectivity index (χ4v) is 2.68. The molecule has 2 rings (SSSR count). The van der Waals surface area contributed by atoms with Gasteiger partial charge in [-0.1, -0.05) is 23.7 Å². The molecule has 0 aliphatic rings. The van der Waals surface area contributed by atoms with Gasteiger partial charge in [-0.25, -0.2) is 4.79 Å². The van der Waals surface area contributed by atoms with Crippen molar-refractivity contribution in [3.8, 4) is 0 Å². The fraction of sp³-hybridized carbons (Fsp3) is 0. The topological polar surface area (TPSA) is 78.4 Å². The molecule has 5 nitrogen and oxygen atoms in total. The van der Waals surface area contributed by atoms with Gasteiger partial charge in [0.15, 0.2) is 5.11 Å². The molecule has 0 aliphatic carbocycles. The molecule has 25 heavy (non-hydrogen) atoms. The summed E-state index contributed by atoms with van der Waals surface area (Å²) in [5, 5.41) is 15.0. The highest BCUT2D eigenvalue weighted by atomic mass is 127. The van der Waals surface area contributed by atoms with Gasteiger partial charge in [0, 0.05) is 14.7 Å². The number of amides is 1. The predicted octanol–water partition coefficient (Wildman–Crippen LogP) is 4.17. The van der Waals surface area contributed by atoms with Crippen molar-refractivity contribution >= 4 is 75.2 Å². The Morgan fingerprint density at radius 2 is 1.84 bits per heavy atom. The van der Waals surface area contributed by atoms with Gasteiger partial charge in [0.1, 0.15) is 0 Å². The van der Waals surface area contributed by atoms with Gasteiger partial charge in [-0.05, 0) is 76.8 Å². The Hall–Kier alpha value is -1.97. The summed E-state index contributed by atoms with van der Waals surface area (Å²) in [5.41, 5.74) is 1.18. The van der Waals surface area contributed by atoms with E-state index >= 15 is 0 Å². The Bertz CT molecular complexity index is 853. The molecular weight excluding hydrogens is 475 g/mol. The lowest BCUT2D eigenvalue weighted by Gasteiger charge is -2.11. The van der Waals surface area contributed by atoms with Gasteiger partial charge in [0.25, 0.3) is 0 Å². The molecule has 1 amide bonds. The van der Waals surface area contributed by atoms with Crippen LogP contribution in [0.15, 0.2) is 48.5 Å². The van der Waals surface area contributed by atoms with Gasteiger partial charge in [0.2, 0.25) is 5.91 Å². The summed E-state index contributed by atoms with van der Waals surface area (Å²) in [4.78, 5) is 23.2. The minimum atomic E-state index is -1.09. The Morgan fingerprint density at radius 1 is 1.16 bits per heavy atom. The molecule has 0 saturated carbocycles. The molecule has 0 aromatic heterocycles. The van der Waals surface area contributed by atoms with Gasteiger partial charge < -0.3 is 10.4 Å². The lowest BCUT2D eigenvalue weighted by molar-refractivity contribution is -0.115. The van der Waals surface area contributed by atoms with E-state index < -0.39 is 11.9 Å². The van der Waals surface area contributed by atoms with E-state index in [4.69, 9.17) is 23.8 Å². The van der Waals surface area contributed by atoms with Crippen LogP contribution in [-0.4, -0.2) is 22.1 Å². The van der Waals surface area contributed by atoms with Crippen LogP contribution < -0.4 is 10.6 Å². The zero-order valence-corrected chi connectivity index (χ0v) is 16.4. The summed E-state index contributed by atoms with van der Waals surface area (Å²) < 4.78 is 0.779. The third-order valence-electron chi connectivity index (χ3n) is 2.99. The molecule has 0 fully saturated rings. The summed E-state index contributed by atoms with van der Waals surface area (Å²) >= 11 is 12.9. The Balaban J connectivity index is 1.99. The van der Waals surface area contributed by atoms with Crippen molar-refractivity contribution in [3.63, 3.8) is 0 Å². The number of aromatic carboxylic acids is 1. The molecule has 8 heteroatoms. The minimum Gasteiger partial charge on any atom is -0.478 e. The lowest BCUT2D eigenvalue weighted by Crippen LogP contribution is -2.33. The van der Waals surface area contributed by atoms with Crippen LogP contribution in [0, 0.1) is 3.57 Å². The molecule has 128 valence electrons. The Morgan fingerprint density at radius 3 is 2.48 bits per heavy atom. The number of nitrogens with one attached hydrogen (secondary N) is 2. The highest BCUT2D eigenvalue weighted by molar-refractivity contribution is 14.1. The molecule has 0 spiro atoms. The molecule has 0 aliphatic heterocycles.